The third kappa shape index (κ3) is 5.54. The number of esters is 1. The number of urea groups is 1. The standard InChI is InChI=1S/C14H19N3O6S/c1-9-6-4-5-7-11(9)17(24(3,21)22)8-12(18)23-10(2)13(19)16-14(15)20/h4-7,10H,8H2,1-3H3,(H3,15,16,19,20)/t10-/m0/s1. The monoisotopic (exact) mass is 357 g/mol. The number of hydrogen-bond acceptors (Lipinski definition) is 6. The van der Waals surface area contributed by atoms with E-state index in [1.807, 2.05) is 0 Å². The summed E-state index contributed by atoms with van der Waals surface area (Å²) in [5.41, 5.74) is 5.77. The molecule has 0 bridgehead atoms. The van der Waals surface area contributed by atoms with Crippen molar-refractivity contribution in [3.63, 3.8) is 0 Å². The van der Waals surface area contributed by atoms with Gasteiger partial charge in [-0.25, -0.2) is 13.2 Å². The predicted octanol–water partition coefficient (Wildman–Crippen LogP) is -0.112. The molecule has 24 heavy (non-hydrogen) atoms. The van der Waals surface area contributed by atoms with E-state index in [4.69, 9.17) is 10.5 Å². The van der Waals surface area contributed by atoms with Gasteiger partial charge in [0, 0.05) is 0 Å². The zero-order valence-corrected chi connectivity index (χ0v) is 14.3. The van der Waals surface area contributed by atoms with E-state index in [9.17, 15) is 22.8 Å². The van der Waals surface area contributed by atoms with Gasteiger partial charge < -0.3 is 10.5 Å². The molecule has 132 valence electrons. The summed E-state index contributed by atoms with van der Waals surface area (Å²) in [4.78, 5) is 34.0. The van der Waals surface area contributed by atoms with Crippen LogP contribution in [0.15, 0.2) is 24.3 Å². The number of hydrogen-bond donors (Lipinski definition) is 2. The molecule has 0 aromatic heterocycles. The second kappa shape index (κ2) is 7.77. The Hall–Kier alpha value is -2.62. The summed E-state index contributed by atoms with van der Waals surface area (Å²) in [7, 11) is -3.75. The molecule has 1 aromatic rings. The molecule has 1 atom stereocenters. The number of nitrogens with one attached hydrogen (secondary N) is 1. The number of sulfonamides is 1. The molecule has 0 saturated carbocycles. The summed E-state index contributed by atoms with van der Waals surface area (Å²) >= 11 is 0. The zero-order chi connectivity index (χ0) is 18.5. The van der Waals surface area contributed by atoms with E-state index in [2.05, 4.69) is 0 Å². The molecule has 0 aliphatic carbocycles. The van der Waals surface area contributed by atoms with Crippen LogP contribution in [0.4, 0.5) is 10.5 Å². The Morgan fingerprint density at radius 3 is 2.38 bits per heavy atom. The first-order valence-electron chi connectivity index (χ1n) is 6.85. The Kier molecular flexibility index (Phi) is 6.29. The lowest BCUT2D eigenvalue weighted by molar-refractivity contribution is -0.152. The van der Waals surface area contributed by atoms with Crippen molar-refractivity contribution >= 4 is 33.6 Å². The normalized spacial score (nSPS) is 12.1. The molecule has 0 spiro atoms. The van der Waals surface area contributed by atoms with Gasteiger partial charge in [-0.05, 0) is 25.5 Å². The van der Waals surface area contributed by atoms with Crippen molar-refractivity contribution in [2.24, 2.45) is 5.73 Å². The summed E-state index contributed by atoms with van der Waals surface area (Å²) in [6.45, 7) is 2.31. The first-order valence-corrected chi connectivity index (χ1v) is 8.70. The van der Waals surface area contributed by atoms with Crippen LogP contribution in [0, 0.1) is 6.92 Å². The van der Waals surface area contributed by atoms with Gasteiger partial charge in [0.1, 0.15) is 6.54 Å². The van der Waals surface area contributed by atoms with Crippen molar-refractivity contribution in [1.29, 1.82) is 0 Å². The van der Waals surface area contributed by atoms with Gasteiger partial charge in [0.05, 0.1) is 11.9 Å². The van der Waals surface area contributed by atoms with E-state index in [0.717, 1.165) is 10.6 Å². The number of amides is 3. The van der Waals surface area contributed by atoms with Gasteiger partial charge >= 0.3 is 12.0 Å². The molecule has 9 nitrogen and oxygen atoms in total. The molecule has 1 rings (SSSR count). The van der Waals surface area contributed by atoms with Gasteiger partial charge in [0.15, 0.2) is 6.10 Å². The second-order valence-electron chi connectivity index (χ2n) is 5.04. The Labute approximate surface area is 139 Å². The average molecular weight is 357 g/mol. The van der Waals surface area contributed by atoms with Crippen LogP contribution < -0.4 is 15.4 Å². The number of nitrogens with two attached hydrogens (primary N) is 1. The highest BCUT2D eigenvalue weighted by Gasteiger charge is 2.25. The minimum atomic E-state index is -3.75. The van der Waals surface area contributed by atoms with Crippen molar-refractivity contribution in [3.05, 3.63) is 29.8 Å². The topological polar surface area (TPSA) is 136 Å². The average Bonchev–Trinajstić information content (AvgIpc) is 2.43. The van der Waals surface area contributed by atoms with Gasteiger partial charge in [-0.2, -0.15) is 0 Å². The van der Waals surface area contributed by atoms with Crippen LogP contribution in [-0.4, -0.2) is 45.2 Å². The number of aryl methyl sites for hydroxylation is 1. The molecule has 3 N–H and O–H groups in total. The van der Waals surface area contributed by atoms with Crippen molar-refractivity contribution in [3.8, 4) is 0 Å². The molecule has 0 unspecified atom stereocenters. The number of carbonyl (C=O) groups excluding carboxylic acids is 3. The number of rotatable bonds is 6. The molecule has 0 aliphatic heterocycles. The quantitative estimate of drug-likeness (QED) is 0.682. The van der Waals surface area contributed by atoms with Crippen LogP contribution >= 0.6 is 0 Å². The molecule has 10 heteroatoms. The van der Waals surface area contributed by atoms with Gasteiger partial charge in [-0.15, -0.1) is 0 Å². The molecule has 0 fully saturated rings. The van der Waals surface area contributed by atoms with Crippen LogP contribution in [-0.2, 0) is 24.3 Å². The van der Waals surface area contributed by atoms with Crippen LogP contribution in [0.25, 0.3) is 0 Å². The van der Waals surface area contributed by atoms with Gasteiger partial charge in [-0.3, -0.25) is 19.2 Å². The largest absolute Gasteiger partial charge is 0.451 e. The number of benzene rings is 1. The molecule has 0 aliphatic rings. The van der Waals surface area contributed by atoms with E-state index >= 15 is 0 Å². The number of imide groups is 1. The lowest BCUT2D eigenvalue weighted by Crippen LogP contribution is -2.44. The van der Waals surface area contributed by atoms with E-state index in [-0.39, 0.29) is 0 Å². The summed E-state index contributed by atoms with van der Waals surface area (Å²) < 4.78 is 29.6. The Bertz CT molecular complexity index is 747. The fourth-order valence-corrected chi connectivity index (χ4v) is 2.75. The fourth-order valence-electron chi connectivity index (χ4n) is 1.85. The maximum atomic E-state index is 12.0. The van der Waals surface area contributed by atoms with E-state index in [1.54, 1.807) is 36.5 Å². The summed E-state index contributed by atoms with van der Waals surface area (Å²) in [6, 6.07) is 5.53. The van der Waals surface area contributed by atoms with E-state index in [1.165, 1.54) is 6.92 Å². The highest BCUT2D eigenvalue weighted by Crippen LogP contribution is 2.21. The van der Waals surface area contributed by atoms with Gasteiger partial charge in [0.2, 0.25) is 10.0 Å². The van der Waals surface area contributed by atoms with Crippen LogP contribution in [0.5, 0.6) is 0 Å². The SMILES string of the molecule is Cc1ccccc1N(CC(=O)O[C@@H](C)C(=O)NC(N)=O)S(C)(=O)=O. The van der Waals surface area contributed by atoms with E-state index < -0.39 is 40.6 Å². The second-order valence-corrected chi connectivity index (χ2v) is 6.95. The fraction of sp³-hybridized carbons (Fsp3) is 0.357. The van der Waals surface area contributed by atoms with Crippen LogP contribution in [0.3, 0.4) is 0 Å². The molecule has 3 amide bonds. The van der Waals surface area contributed by atoms with Gasteiger partial charge in [0.25, 0.3) is 5.91 Å². The lowest BCUT2D eigenvalue weighted by Gasteiger charge is -2.23. The highest BCUT2D eigenvalue weighted by molar-refractivity contribution is 7.92. The third-order valence-electron chi connectivity index (χ3n) is 2.98. The third-order valence-corrected chi connectivity index (χ3v) is 4.11. The number of anilines is 1. The minimum absolute atomic E-state index is 0.325. The number of nitrogens with zero attached hydrogens (tertiary/aromatic N) is 1. The number of ether oxygens (including phenoxy) is 1. The Morgan fingerprint density at radius 1 is 1.29 bits per heavy atom. The molecular weight excluding hydrogens is 338 g/mol. The highest BCUT2D eigenvalue weighted by atomic mass is 32.2. The van der Waals surface area contributed by atoms with Crippen LogP contribution in [0.2, 0.25) is 0 Å². The Balaban J connectivity index is 2.89. The number of primary amides is 1. The molecule has 0 saturated heterocycles. The lowest BCUT2D eigenvalue weighted by atomic mass is 10.2. The zero-order valence-electron chi connectivity index (χ0n) is 13.5. The van der Waals surface area contributed by atoms with E-state index in [0.29, 0.717) is 11.3 Å². The number of carbonyl (C=O) groups is 3. The summed E-state index contributed by atoms with van der Waals surface area (Å²) in [5.74, 6) is -1.85. The first-order chi connectivity index (χ1) is 11.0. The van der Waals surface area contributed by atoms with Gasteiger partial charge in [-0.1, -0.05) is 18.2 Å². The van der Waals surface area contributed by atoms with Crippen molar-refractivity contribution in [2.75, 3.05) is 17.1 Å². The molecule has 0 radical (unpaired) electrons. The first kappa shape index (κ1) is 19.4. The molecular formula is C14H19N3O6S. The van der Waals surface area contributed by atoms with Crippen molar-refractivity contribution < 1.29 is 27.5 Å². The molecule has 0 heterocycles. The summed E-state index contributed by atoms with van der Waals surface area (Å²) in [6.07, 6.45) is -0.348. The smallest absolute Gasteiger partial charge is 0.327 e. The maximum Gasteiger partial charge on any atom is 0.327 e. The molecule has 1 aromatic carbocycles. The maximum absolute atomic E-state index is 12.0. The minimum Gasteiger partial charge on any atom is -0.451 e. The van der Waals surface area contributed by atoms with Crippen molar-refractivity contribution in [2.45, 2.75) is 20.0 Å². The predicted molar refractivity (Wildman–Crippen MR) is 86.6 cm³/mol. The summed E-state index contributed by atoms with van der Waals surface area (Å²) in [5, 5.41) is 1.76. The van der Waals surface area contributed by atoms with Crippen LogP contribution in [0.1, 0.15) is 12.5 Å². The number of para-hydroxylation sites is 1. The Morgan fingerprint density at radius 2 is 1.88 bits per heavy atom. The van der Waals surface area contributed by atoms with Crippen molar-refractivity contribution in [1.82, 2.24) is 5.32 Å².